The van der Waals surface area contributed by atoms with E-state index in [9.17, 15) is 13.2 Å². The van der Waals surface area contributed by atoms with E-state index in [4.69, 9.17) is 0 Å². The lowest BCUT2D eigenvalue weighted by molar-refractivity contribution is -0.137. The van der Waals surface area contributed by atoms with E-state index in [1.54, 1.807) is 12.1 Å². The van der Waals surface area contributed by atoms with E-state index in [1.165, 1.54) is 17.7 Å². The minimum atomic E-state index is -4.33. The molecule has 0 aliphatic carbocycles. The molecular formula is C27H22F3. The normalized spacial score (nSPS) is 12.8. The second-order valence-electron chi connectivity index (χ2n) is 7.46. The SMILES string of the molecule is FC(F)(F)c1ccc(C([CH]CCc2ccccc2)c2ccc3ccccc3c2)cc1. The zero-order valence-electron chi connectivity index (χ0n) is 16.4. The predicted molar refractivity (Wildman–Crippen MR) is 116 cm³/mol. The molecule has 0 bridgehead atoms. The summed E-state index contributed by atoms with van der Waals surface area (Å²) in [6, 6.07) is 30.2. The molecule has 0 aliphatic heterocycles. The van der Waals surface area contributed by atoms with E-state index in [0.29, 0.717) is 0 Å². The van der Waals surface area contributed by atoms with Crippen molar-refractivity contribution < 1.29 is 13.2 Å². The summed E-state index contributed by atoms with van der Waals surface area (Å²) >= 11 is 0. The summed E-state index contributed by atoms with van der Waals surface area (Å²) in [6.07, 6.45) is -0.387. The largest absolute Gasteiger partial charge is 0.416 e. The lowest BCUT2D eigenvalue weighted by atomic mass is 9.85. The van der Waals surface area contributed by atoms with Gasteiger partial charge in [-0.05, 0) is 58.9 Å². The van der Waals surface area contributed by atoms with Gasteiger partial charge >= 0.3 is 6.18 Å². The van der Waals surface area contributed by atoms with Crippen LogP contribution in [-0.4, -0.2) is 0 Å². The van der Waals surface area contributed by atoms with Crippen LogP contribution in [0.4, 0.5) is 13.2 Å². The molecule has 0 aromatic heterocycles. The minimum absolute atomic E-state index is 0.0689. The average molecular weight is 403 g/mol. The van der Waals surface area contributed by atoms with Crippen LogP contribution in [0.1, 0.15) is 34.6 Å². The summed E-state index contributed by atoms with van der Waals surface area (Å²) in [6.45, 7) is 0. The van der Waals surface area contributed by atoms with E-state index in [2.05, 4.69) is 48.9 Å². The molecular weight excluding hydrogens is 381 g/mol. The zero-order chi connectivity index (χ0) is 21.0. The van der Waals surface area contributed by atoms with Crippen molar-refractivity contribution in [1.82, 2.24) is 0 Å². The minimum Gasteiger partial charge on any atom is -0.166 e. The molecule has 0 nitrogen and oxygen atoms in total. The number of fused-ring (bicyclic) bond motifs is 1. The number of aryl methyl sites for hydroxylation is 1. The quantitative estimate of drug-likeness (QED) is 0.308. The second kappa shape index (κ2) is 8.74. The van der Waals surface area contributed by atoms with Crippen molar-refractivity contribution in [3.8, 4) is 0 Å². The number of alkyl halides is 3. The summed E-state index contributed by atoms with van der Waals surface area (Å²) in [5.41, 5.74) is 2.58. The smallest absolute Gasteiger partial charge is 0.166 e. The van der Waals surface area contributed by atoms with Gasteiger partial charge in [-0.15, -0.1) is 0 Å². The number of benzene rings is 4. The highest BCUT2D eigenvalue weighted by Crippen LogP contribution is 2.34. The molecule has 4 aromatic rings. The van der Waals surface area contributed by atoms with E-state index < -0.39 is 11.7 Å². The van der Waals surface area contributed by atoms with Gasteiger partial charge < -0.3 is 0 Å². The Labute approximate surface area is 175 Å². The average Bonchev–Trinajstić information content (AvgIpc) is 2.77. The Balaban J connectivity index is 1.62. The summed E-state index contributed by atoms with van der Waals surface area (Å²) in [5.74, 6) is -0.0689. The lowest BCUT2D eigenvalue weighted by Gasteiger charge is -2.19. The summed E-state index contributed by atoms with van der Waals surface area (Å²) < 4.78 is 39.0. The molecule has 4 aromatic carbocycles. The molecule has 0 fully saturated rings. The fourth-order valence-electron chi connectivity index (χ4n) is 3.81. The summed E-state index contributed by atoms with van der Waals surface area (Å²) in [4.78, 5) is 0. The Morgan fingerprint density at radius 3 is 2.00 bits per heavy atom. The molecule has 0 saturated carbocycles. The maximum Gasteiger partial charge on any atom is 0.416 e. The van der Waals surface area contributed by atoms with Crippen molar-refractivity contribution in [1.29, 1.82) is 0 Å². The molecule has 1 unspecified atom stereocenters. The Kier molecular flexibility index (Phi) is 5.89. The maximum atomic E-state index is 13.0. The first-order valence-electron chi connectivity index (χ1n) is 10.0. The number of hydrogen-bond acceptors (Lipinski definition) is 0. The van der Waals surface area contributed by atoms with Gasteiger partial charge in [0.25, 0.3) is 0 Å². The van der Waals surface area contributed by atoms with E-state index >= 15 is 0 Å². The molecule has 30 heavy (non-hydrogen) atoms. The monoisotopic (exact) mass is 403 g/mol. The van der Waals surface area contributed by atoms with Crippen molar-refractivity contribution in [2.24, 2.45) is 0 Å². The number of rotatable bonds is 6. The van der Waals surface area contributed by atoms with Gasteiger partial charge in [-0.2, -0.15) is 13.2 Å². The van der Waals surface area contributed by atoms with Gasteiger partial charge in [-0.25, -0.2) is 0 Å². The molecule has 0 saturated heterocycles. The molecule has 151 valence electrons. The second-order valence-corrected chi connectivity index (χ2v) is 7.46. The Morgan fingerprint density at radius 1 is 0.667 bits per heavy atom. The standard InChI is InChI=1S/C27H22F3/c28-27(29,30)25-17-15-22(16-18-25)26(12-6-9-20-7-2-1-3-8-20)24-14-13-21-10-4-5-11-23(21)19-24/h1-5,7-8,10-19,26H,6,9H2. The molecule has 1 atom stereocenters. The van der Waals surface area contributed by atoms with Crippen LogP contribution in [-0.2, 0) is 12.6 Å². The van der Waals surface area contributed by atoms with E-state index in [1.807, 2.05) is 30.3 Å². The van der Waals surface area contributed by atoms with Gasteiger partial charge in [0, 0.05) is 5.92 Å². The first-order valence-corrected chi connectivity index (χ1v) is 10.0. The van der Waals surface area contributed by atoms with Crippen LogP contribution < -0.4 is 0 Å². The van der Waals surface area contributed by atoms with Gasteiger partial charge in [0.1, 0.15) is 0 Å². The summed E-state index contributed by atoms with van der Waals surface area (Å²) in [7, 11) is 0. The molecule has 0 aliphatic rings. The molecule has 0 N–H and O–H groups in total. The van der Waals surface area contributed by atoms with Crippen molar-refractivity contribution >= 4 is 10.8 Å². The highest BCUT2D eigenvalue weighted by Gasteiger charge is 2.30. The topological polar surface area (TPSA) is 0 Å². The van der Waals surface area contributed by atoms with Gasteiger partial charge in [-0.1, -0.05) is 84.9 Å². The predicted octanol–water partition coefficient (Wildman–Crippen LogP) is 7.83. The first kappa shape index (κ1) is 20.2. The fraction of sp³-hybridized carbons (Fsp3) is 0.148. The molecule has 3 heteroatoms. The maximum absolute atomic E-state index is 13.0. The van der Waals surface area contributed by atoms with Gasteiger partial charge in [0.2, 0.25) is 0 Å². The van der Waals surface area contributed by atoms with Crippen LogP contribution in [0.15, 0.2) is 97.1 Å². The van der Waals surface area contributed by atoms with Crippen molar-refractivity contribution in [2.75, 3.05) is 0 Å². The van der Waals surface area contributed by atoms with Crippen LogP contribution in [0.5, 0.6) is 0 Å². The van der Waals surface area contributed by atoms with Crippen LogP contribution >= 0.6 is 0 Å². The molecule has 0 heterocycles. The van der Waals surface area contributed by atoms with Gasteiger partial charge in [0.05, 0.1) is 5.56 Å². The third-order valence-corrected chi connectivity index (χ3v) is 5.41. The summed E-state index contributed by atoms with van der Waals surface area (Å²) in [5, 5.41) is 2.28. The highest BCUT2D eigenvalue weighted by atomic mass is 19.4. The van der Waals surface area contributed by atoms with Crippen LogP contribution in [0.25, 0.3) is 10.8 Å². The van der Waals surface area contributed by atoms with Crippen LogP contribution in [0, 0.1) is 6.42 Å². The van der Waals surface area contributed by atoms with Gasteiger partial charge in [-0.3, -0.25) is 0 Å². The molecule has 0 spiro atoms. The van der Waals surface area contributed by atoms with Crippen LogP contribution in [0.2, 0.25) is 0 Å². The lowest BCUT2D eigenvalue weighted by Crippen LogP contribution is -2.07. The van der Waals surface area contributed by atoms with E-state index in [-0.39, 0.29) is 5.92 Å². The molecule has 4 rings (SSSR count). The van der Waals surface area contributed by atoms with Crippen molar-refractivity contribution in [3.05, 3.63) is 126 Å². The van der Waals surface area contributed by atoms with Crippen LogP contribution in [0.3, 0.4) is 0 Å². The van der Waals surface area contributed by atoms with E-state index in [0.717, 1.165) is 34.7 Å². The molecule has 0 amide bonds. The number of halogens is 3. The Hall–Kier alpha value is -3.07. The Morgan fingerprint density at radius 2 is 1.30 bits per heavy atom. The fourth-order valence-corrected chi connectivity index (χ4v) is 3.81. The first-order chi connectivity index (χ1) is 14.5. The van der Waals surface area contributed by atoms with Gasteiger partial charge in [0.15, 0.2) is 0 Å². The third kappa shape index (κ3) is 4.73. The highest BCUT2D eigenvalue weighted by molar-refractivity contribution is 5.83. The molecule has 1 radical (unpaired) electrons. The third-order valence-electron chi connectivity index (χ3n) is 5.41. The Bertz CT molecular complexity index is 1100. The van der Waals surface area contributed by atoms with Crippen molar-refractivity contribution in [2.45, 2.75) is 24.9 Å². The van der Waals surface area contributed by atoms with Crippen molar-refractivity contribution in [3.63, 3.8) is 0 Å². The number of hydrogen-bond donors (Lipinski definition) is 0. The zero-order valence-corrected chi connectivity index (χ0v) is 16.4.